The molecule has 3 aromatic carbocycles. The molecule has 4 nitrogen and oxygen atoms in total. The molecule has 0 amide bonds. The van der Waals surface area contributed by atoms with E-state index in [2.05, 4.69) is 95.7 Å². The molecule has 0 N–H and O–H groups in total. The van der Waals surface area contributed by atoms with Crippen LogP contribution in [-0.4, -0.2) is 24.8 Å². The summed E-state index contributed by atoms with van der Waals surface area (Å²) in [6, 6.07) is 32.2. The first kappa shape index (κ1) is 25.6. The Hall–Kier alpha value is -2.68. The molecule has 0 bridgehead atoms. The van der Waals surface area contributed by atoms with Crippen LogP contribution in [0.4, 0.5) is 8.78 Å². The van der Waals surface area contributed by atoms with E-state index in [1.54, 1.807) is 0 Å². The van der Waals surface area contributed by atoms with Crippen molar-refractivity contribution in [1.82, 2.24) is 0 Å². The second-order valence-corrected chi connectivity index (χ2v) is 10.1. The highest BCUT2D eigenvalue weighted by molar-refractivity contribution is 7.97. The second-order valence-electron chi connectivity index (χ2n) is 6.52. The van der Waals surface area contributed by atoms with Crippen LogP contribution in [0.5, 0.6) is 0 Å². The van der Waals surface area contributed by atoms with Gasteiger partial charge in [0.1, 0.15) is 0 Å². The Bertz CT molecular complexity index is 995. The monoisotopic (exact) mass is 478 g/mol. The highest BCUT2D eigenvalue weighted by atomic mass is 32.2. The number of rotatable bonds is 7. The molecule has 32 heavy (non-hydrogen) atoms. The zero-order valence-electron chi connectivity index (χ0n) is 17.7. The van der Waals surface area contributed by atoms with Gasteiger partial charge in [0, 0.05) is 0 Å². The zero-order valence-corrected chi connectivity index (χ0v) is 19.3. The summed E-state index contributed by atoms with van der Waals surface area (Å²) in [4.78, 5) is 4.08. The van der Waals surface area contributed by atoms with E-state index < -0.39 is 22.0 Å². The molecule has 8 heteroatoms. The third-order valence-corrected chi connectivity index (χ3v) is 7.26. The Balaban J connectivity index is 0.000000247. The van der Waals surface area contributed by atoms with Crippen LogP contribution < -0.4 is 0 Å². The molecule has 0 aromatic heterocycles. The van der Waals surface area contributed by atoms with Crippen LogP contribution in [-0.2, 0) is 25.7 Å². The molecule has 0 atom stereocenters. The molecule has 0 aliphatic carbocycles. The van der Waals surface area contributed by atoms with E-state index in [0.29, 0.717) is 0 Å². The van der Waals surface area contributed by atoms with Gasteiger partial charge in [-0.15, -0.1) is 0 Å². The quantitative estimate of drug-likeness (QED) is 0.243. The van der Waals surface area contributed by atoms with Gasteiger partial charge in [0.2, 0.25) is 0 Å². The third-order valence-electron chi connectivity index (χ3n) is 4.18. The summed E-state index contributed by atoms with van der Waals surface area (Å²) in [5, 5.41) is -4.38. The van der Waals surface area contributed by atoms with E-state index in [0.717, 1.165) is 0 Å². The summed E-state index contributed by atoms with van der Waals surface area (Å²) in [6.45, 7) is 1.45. The molecule has 0 saturated carbocycles. The molecular formula is C24H24F2O4S2. The standard InChI is InChI=1S/C18H15S.C6H10F2O4S/c1-4-10-16(11-5-1)19(17-12-6-2-7-13-17)18-14-8-3-9-15-18;1-3-5(2)12-4-6(7,8)13(9,10)11/h1-15H;3H,4H2,1-2H3,(H,9,10,11)/q+1;/p-1. The van der Waals surface area contributed by atoms with Gasteiger partial charge in [-0.25, -0.2) is 8.42 Å². The Morgan fingerprint density at radius 2 is 1.22 bits per heavy atom. The Morgan fingerprint density at radius 3 is 1.50 bits per heavy atom. The van der Waals surface area contributed by atoms with Gasteiger partial charge >= 0.3 is 5.25 Å². The van der Waals surface area contributed by atoms with Crippen LogP contribution in [0.3, 0.4) is 0 Å². The normalized spacial score (nSPS) is 12.1. The van der Waals surface area contributed by atoms with E-state index >= 15 is 0 Å². The first-order valence-corrected chi connectivity index (χ1v) is 12.3. The van der Waals surface area contributed by atoms with Crippen molar-refractivity contribution >= 4 is 21.0 Å². The molecular weight excluding hydrogens is 454 g/mol. The fraction of sp³-hybridized carbons (Fsp3) is 0.167. The van der Waals surface area contributed by atoms with Crippen LogP contribution in [0.2, 0.25) is 0 Å². The second kappa shape index (κ2) is 11.8. The molecule has 0 saturated heterocycles. The number of allylic oxidation sites excluding steroid dienone is 2. The van der Waals surface area contributed by atoms with E-state index in [-0.39, 0.29) is 16.7 Å². The molecule has 3 rings (SSSR count). The van der Waals surface area contributed by atoms with Gasteiger partial charge in [0.15, 0.2) is 31.4 Å². The van der Waals surface area contributed by atoms with E-state index in [1.807, 2.05) is 0 Å². The molecule has 3 aromatic rings. The van der Waals surface area contributed by atoms with Gasteiger partial charge in [0.25, 0.3) is 0 Å². The fourth-order valence-corrected chi connectivity index (χ4v) is 4.74. The largest absolute Gasteiger partial charge is 0.743 e. The number of hydrogen-bond donors (Lipinski definition) is 0. The maximum Gasteiger partial charge on any atom is 0.367 e. The van der Waals surface area contributed by atoms with Crippen molar-refractivity contribution < 1.29 is 26.5 Å². The number of benzene rings is 3. The molecule has 0 unspecified atom stereocenters. The summed E-state index contributed by atoms with van der Waals surface area (Å²) in [5.41, 5.74) is 0. The minimum atomic E-state index is -5.64. The minimum absolute atomic E-state index is 0.0146. The van der Waals surface area contributed by atoms with Gasteiger partial charge in [-0.05, 0) is 50.2 Å². The first-order valence-electron chi connectivity index (χ1n) is 9.64. The smallest absolute Gasteiger partial charge is 0.367 e. The summed E-state index contributed by atoms with van der Waals surface area (Å²) in [6.07, 6.45) is 1.37. The maximum atomic E-state index is 12.4. The maximum absolute atomic E-state index is 12.4. The van der Waals surface area contributed by atoms with Crippen molar-refractivity contribution in [2.75, 3.05) is 6.61 Å². The Kier molecular flexibility index (Phi) is 9.43. The van der Waals surface area contributed by atoms with Gasteiger partial charge in [0.05, 0.1) is 16.7 Å². The third kappa shape index (κ3) is 7.47. The molecule has 0 aliphatic heterocycles. The molecule has 0 spiro atoms. The number of ether oxygens (including phenoxy) is 1. The average molecular weight is 479 g/mol. The highest BCUT2D eigenvalue weighted by Crippen LogP contribution is 2.30. The van der Waals surface area contributed by atoms with Crippen molar-refractivity contribution in [2.45, 2.75) is 33.8 Å². The van der Waals surface area contributed by atoms with Crippen LogP contribution in [0.1, 0.15) is 13.8 Å². The topological polar surface area (TPSA) is 66.4 Å². The van der Waals surface area contributed by atoms with E-state index in [1.165, 1.54) is 34.6 Å². The number of alkyl halides is 2. The predicted molar refractivity (Wildman–Crippen MR) is 122 cm³/mol. The fourth-order valence-electron chi connectivity index (χ4n) is 2.43. The van der Waals surface area contributed by atoms with Crippen LogP contribution >= 0.6 is 0 Å². The number of hydrogen-bond acceptors (Lipinski definition) is 4. The highest BCUT2D eigenvalue weighted by Gasteiger charge is 2.38. The Labute approximate surface area is 190 Å². The zero-order chi connectivity index (χ0) is 23.6. The Morgan fingerprint density at radius 1 is 0.875 bits per heavy atom. The van der Waals surface area contributed by atoms with Crippen molar-refractivity contribution in [3.05, 3.63) is 103 Å². The van der Waals surface area contributed by atoms with Crippen molar-refractivity contribution in [2.24, 2.45) is 0 Å². The number of halogens is 2. The van der Waals surface area contributed by atoms with Gasteiger partial charge < -0.3 is 9.29 Å². The lowest BCUT2D eigenvalue weighted by atomic mass is 10.4. The van der Waals surface area contributed by atoms with Crippen LogP contribution in [0.15, 0.2) is 118 Å². The summed E-state index contributed by atoms with van der Waals surface area (Å²) >= 11 is 0. The van der Waals surface area contributed by atoms with E-state index in [4.69, 9.17) is 0 Å². The first-order chi connectivity index (χ1) is 15.2. The van der Waals surface area contributed by atoms with Crippen LogP contribution in [0, 0.1) is 0 Å². The SMILES string of the molecule is CC=C(C)OCC(F)(F)S(=O)(=O)[O-].c1ccc([S+](c2ccccc2)c2ccccc2)cc1. The average Bonchev–Trinajstić information content (AvgIpc) is 2.79. The molecule has 0 radical (unpaired) electrons. The summed E-state index contributed by atoms with van der Waals surface area (Å²) < 4.78 is 58.9. The molecule has 170 valence electrons. The van der Waals surface area contributed by atoms with Gasteiger partial charge in [-0.3, -0.25) is 0 Å². The van der Waals surface area contributed by atoms with Crippen molar-refractivity contribution in [1.29, 1.82) is 0 Å². The summed E-state index contributed by atoms with van der Waals surface area (Å²) in [5.74, 6) is 0.128. The lowest BCUT2D eigenvalue weighted by molar-refractivity contribution is 0.00302. The summed E-state index contributed by atoms with van der Waals surface area (Å²) in [7, 11) is -5.66. The minimum Gasteiger partial charge on any atom is -0.743 e. The lowest BCUT2D eigenvalue weighted by Crippen LogP contribution is -2.33. The van der Waals surface area contributed by atoms with Crippen molar-refractivity contribution in [3.8, 4) is 0 Å². The molecule has 0 heterocycles. The predicted octanol–water partition coefficient (Wildman–Crippen LogP) is 5.85. The van der Waals surface area contributed by atoms with Gasteiger partial charge in [-0.2, -0.15) is 8.78 Å². The molecule has 0 fully saturated rings. The van der Waals surface area contributed by atoms with Crippen molar-refractivity contribution in [3.63, 3.8) is 0 Å². The van der Waals surface area contributed by atoms with Crippen LogP contribution in [0.25, 0.3) is 0 Å². The van der Waals surface area contributed by atoms with E-state index in [9.17, 15) is 21.8 Å². The molecule has 0 aliphatic rings. The lowest BCUT2D eigenvalue weighted by Gasteiger charge is -2.20. The van der Waals surface area contributed by atoms with Gasteiger partial charge in [-0.1, -0.05) is 60.7 Å².